The quantitative estimate of drug-likeness (QED) is 0.308. The van der Waals surface area contributed by atoms with E-state index in [2.05, 4.69) is 10.6 Å². The first-order valence-electron chi connectivity index (χ1n) is 11.9. The number of fused-ring (bicyclic) bond motifs is 2. The van der Waals surface area contributed by atoms with E-state index in [1.54, 1.807) is 40.6 Å². The SMILES string of the molecule is COc1ccc2cc(C(=O)NCCCNC(=O)c3ccc4c(OC)c(OC)ccc4c3)ccc2c1OC. The van der Waals surface area contributed by atoms with Crippen molar-refractivity contribution < 1.29 is 28.5 Å². The Kier molecular flexibility index (Phi) is 7.98. The molecule has 0 heterocycles. The van der Waals surface area contributed by atoms with Gasteiger partial charge in [-0.3, -0.25) is 9.59 Å². The van der Waals surface area contributed by atoms with Crippen LogP contribution in [0, 0.1) is 0 Å². The van der Waals surface area contributed by atoms with Gasteiger partial charge >= 0.3 is 0 Å². The number of methoxy groups -OCH3 is 4. The van der Waals surface area contributed by atoms with Crippen LogP contribution in [0.1, 0.15) is 27.1 Å². The van der Waals surface area contributed by atoms with Gasteiger partial charge in [0.25, 0.3) is 11.8 Å². The van der Waals surface area contributed by atoms with Crippen molar-refractivity contribution in [1.29, 1.82) is 0 Å². The van der Waals surface area contributed by atoms with Crippen LogP contribution in [0.2, 0.25) is 0 Å². The molecular weight excluding hydrogens is 472 g/mol. The zero-order valence-corrected chi connectivity index (χ0v) is 21.3. The number of hydrogen-bond acceptors (Lipinski definition) is 6. The van der Waals surface area contributed by atoms with E-state index >= 15 is 0 Å². The first-order chi connectivity index (χ1) is 18.0. The van der Waals surface area contributed by atoms with Crippen molar-refractivity contribution in [2.24, 2.45) is 0 Å². The minimum Gasteiger partial charge on any atom is -0.493 e. The van der Waals surface area contributed by atoms with Gasteiger partial charge in [-0.15, -0.1) is 0 Å². The highest BCUT2D eigenvalue weighted by atomic mass is 16.5. The zero-order chi connectivity index (χ0) is 26.4. The molecular formula is C29H30N2O6. The molecule has 4 aromatic carbocycles. The lowest BCUT2D eigenvalue weighted by Gasteiger charge is -2.12. The van der Waals surface area contributed by atoms with Gasteiger partial charge in [0, 0.05) is 35.0 Å². The predicted octanol–water partition coefficient (Wildman–Crippen LogP) is 4.58. The molecule has 0 fully saturated rings. The van der Waals surface area contributed by atoms with Crippen molar-refractivity contribution in [3.63, 3.8) is 0 Å². The lowest BCUT2D eigenvalue weighted by atomic mass is 10.0. The number of amides is 2. The van der Waals surface area contributed by atoms with Gasteiger partial charge < -0.3 is 29.6 Å². The largest absolute Gasteiger partial charge is 0.493 e. The Hall–Kier alpha value is -4.46. The van der Waals surface area contributed by atoms with Crippen molar-refractivity contribution in [3.8, 4) is 23.0 Å². The topological polar surface area (TPSA) is 95.1 Å². The fourth-order valence-electron chi connectivity index (χ4n) is 4.28. The molecule has 2 amide bonds. The molecule has 192 valence electrons. The molecule has 0 aromatic heterocycles. The number of nitrogens with one attached hydrogen (secondary N) is 2. The Morgan fingerprint density at radius 3 is 1.41 bits per heavy atom. The predicted molar refractivity (Wildman–Crippen MR) is 143 cm³/mol. The third kappa shape index (κ3) is 5.38. The molecule has 0 saturated heterocycles. The molecule has 0 radical (unpaired) electrons. The number of carbonyl (C=O) groups excluding carboxylic acids is 2. The van der Waals surface area contributed by atoms with Crippen LogP contribution in [-0.2, 0) is 0 Å². The van der Waals surface area contributed by atoms with E-state index in [0.29, 0.717) is 53.6 Å². The molecule has 37 heavy (non-hydrogen) atoms. The smallest absolute Gasteiger partial charge is 0.251 e. The van der Waals surface area contributed by atoms with Gasteiger partial charge in [0.05, 0.1) is 28.4 Å². The van der Waals surface area contributed by atoms with Crippen molar-refractivity contribution in [2.45, 2.75) is 6.42 Å². The third-order valence-electron chi connectivity index (χ3n) is 6.17. The third-order valence-corrected chi connectivity index (χ3v) is 6.17. The van der Waals surface area contributed by atoms with E-state index in [0.717, 1.165) is 21.5 Å². The van der Waals surface area contributed by atoms with E-state index in [1.165, 1.54) is 0 Å². The van der Waals surface area contributed by atoms with Gasteiger partial charge in [-0.1, -0.05) is 12.1 Å². The van der Waals surface area contributed by atoms with Crippen molar-refractivity contribution in [2.75, 3.05) is 41.5 Å². The summed E-state index contributed by atoms with van der Waals surface area (Å²) >= 11 is 0. The zero-order valence-electron chi connectivity index (χ0n) is 21.3. The molecule has 4 aromatic rings. The van der Waals surface area contributed by atoms with Gasteiger partial charge in [-0.05, 0) is 65.7 Å². The van der Waals surface area contributed by atoms with Crippen LogP contribution in [0.5, 0.6) is 23.0 Å². The first kappa shape index (κ1) is 25.6. The molecule has 0 bridgehead atoms. The molecule has 0 saturated carbocycles. The minimum atomic E-state index is -0.179. The molecule has 0 aliphatic heterocycles. The van der Waals surface area contributed by atoms with Crippen LogP contribution >= 0.6 is 0 Å². The van der Waals surface area contributed by atoms with Crippen LogP contribution in [-0.4, -0.2) is 53.3 Å². The number of rotatable bonds is 10. The van der Waals surface area contributed by atoms with Crippen LogP contribution in [0.15, 0.2) is 60.7 Å². The lowest BCUT2D eigenvalue weighted by molar-refractivity contribution is 0.0952. The summed E-state index contributed by atoms with van der Waals surface area (Å²) in [6.45, 7) is 0.857. The number of ether oxygens (including phenoxy) is 4. The number of benzene rings is 4. The Labute approximate surface area is 215 Å². The standard InChI is InChI=1S/C29H30N2O6/c1-34-24-12-8-18-16-20(6-10-22(18)26(24)36-3)28(32)30-14-5-15-31-29(33)21-7-11-23-19(17-21)9-13-25(35-2)27(23)37-4/h6-13,16-17H,5,14-15H2,1-4H3,(H,30,32)(H,31,33). The number of carbonyl (C=O) groups is 2. The average molecular weight is 503 g/mol. The normalized spacial score (nSPS) is 10.7. The van der Waals surface area contributed by atoms with Gasteiger partial charge in [0.1, 0.15) is 0 Å². The van der Waals surface area contributed by atoms with E-state index in [9.17, 15) is 9.59 Å². The second kappa shape index (κ2) is 11.5. The Bertz CT molecular complexity index is 1340. The average Bonchev–Trinajstić information content (AvgIpc) is 2.94. The second-order valence-electron chi connectivity index (χ2n) is 8.34. The summed E-state index contributed by atoms with van der Waals surface area (Å²) in [5, 5.41) is 9.30. The van der Waals surface area contributed by atoms with Crippen LogP contribution < -0.4 is 29.6 Å². The van der Waals surface area contributed by atoms with Gasteiger partial charge in [0.15, 0.2) is 23.0 Å². The molecule has 0 aliphatic rings. The van der Waals surface area contributed by atoms with Crippen molar-refractivity contribution >= 4 is 33.4 Å². The summed E-state index contributed by atoms with van der Waals surface area (Å²) in [6, 6.07) is 18.3. The van der Waals surface area contributed by atoms with E-state index in [4.69, 9.17) is 18.9 Å². The molecule has 2 N–H and O–H groups in total. The Balaban J connectivity index is 1.31. The lowest BCUT2D eigenvalue weighted by Crippen LogP contribution is -2.29. The summed E-state index contributed by atoms with van der Waals surface area (Å²) in [6.07, 6.45) is 0.592. The summed E-state index contributed by atoms with van der Waals surface area (Å²) in [5.41, 5.74) is 1.10. The van der Waals surface area contributed by atoms with Crippen LogP contribution in [0.25, 0.3) is 21.5 Å². The van der Waals surface area contributed by atoms with Gasteiger partial charge in [-0.25, -0.2) is 0 Å². The highest BCUT2D eigenvalue weighted by molar-refractivity contribution is 6.01. The van der Waals surface area contributed by atoms with Crippen molar-refractivity contribution in [3.05, 3.63) is 71.8 Å². The minimum absolute atomic E-state index is 0.179. The van der Waals surface area contributed by atoms with E-state index in [1.807, 2.05) is 48.5 Å². The van der Waals surface area contributed by atoms with Crippen LogP contribution in [0.3, 0.4) is 0 Å². The number of hydrogen-bond donors (Lipinski definition) is 2. The molecule has 8 heteroatoms. The molecule has 0 aliphatic carbocycles. The maximum absolute atomic E-state index is 12.6. The second-order valence-corrected chi connectivity index (χ2v) is 8.34. The Morgan fingerprint density at radius 2 is 1.03 bits per heavy atom. The maximum atomic E-state index is 12.6. The molecule has 0 atom stereocenters. The highest BCUT2D eigenvalue weighted by Crippen LogP contribution is 2.36. The Morgan fingerprint density at radius 1 is 0.595 bits per heavy atom. The van der Waals surface area contributed by atoms with Crippen molar-refractivity contribution in [1.82, 2.24) is 10.6 Å². The summed E-state index contributed by atoms with van der Waals surface area (Å²) in [7, 11) is 6.35. The van der Waals surface area contributed by atoms with E-state index in [-0.39, 0.29) is 11.8 Å². The summed E-state index contributed by atoms with van der Waals surface area (Å²) in [5.74, 6) is 2.18. The van der Waals surface area contributed by atoms with Crippen LogP contribution in [0.4, 0.5) is 0 Å². The molecule has 0 unspecified atom stereocenters. The fourth-order valence-corrected chi connectivity index (χ4v) is 4.28. The van der Waals surface area contributed by atoms with Gasteiger partial charge in [-0.2, -0.15) is 0 Å². The first-order valence-corrected chi connectivity index (χ1v) is 11.9. The fraction of sp³-hybridized carbons (Fsp3) is 0.241. The molecule has 8 nitrogen and oxygen atoms in total. The highest BCUT2D eigenvalue weighted by Gasteiger charge is 2.13. The van der Waals surface area contributed by atoms with E-state index < -0.39 is 0 Å². The van der Waals surface area contributed by atoms with Gasteiger partial charge in [0.2, 0.25) is 0 Å². The summed E-state index contributed by atoms with van der Waals surface area (Å²) in [4.78, 5) is 25.3. The maximum Gasteiger partial charge on any atom is 0.251 e. The summed E-state index contributed by atoms with van der Waals surface area (Å²) < 4.78 is 21.6. The molecule has 4 rings (SSSR count). The monoisotopic (exact) mass is 502 g/mol. The molecule has 0 spiro atoms.